The molecule has 0 bridgehead atoms. The minimum absolute atomic E-state index is 0.235. The molecule has 0 aliphatic heterocycles. The van der Waals surface area contributed by atoms with E-state index in [1.54, 1.807) is 4.72 Å². The fourth-order valence-corrected chi connectivity index (χ4v) is 2.82. The van der Waals surface area contributed by atoms with E-state index in [4.69, 9.17) is 5.11 Å². The largest absolute Gasteiger partial charge is 0.511 e. The van der Waals surface area contributed by atoms with E-state index in [1.165, 1.54) is 0 Å². The fourth-order valence-electron chi connectivity index (χ4n) is 1.86. The third-order valence-electron chi connectivity index (χ3n) is 2.77. The van der Waals surface area contributed by atoms with Crippen LogP contribution < -0.4 is 4.72 Å². The monoisotopic (exact) mass is 261 g/mol. The Morgan fingerprint density at radius 2 is 1.69 bits per heavy atom. The summed E-state index contributed by atoms with van der Waals surface area (Å²) in [6, 6.07) is 0. The van der Waals surface area contributed by atoms with Crippen LogP contribution in [0.25, 0.3) is 0 Å². The molecule has 0 spiro atoms. The van der Waals surface area contributed by atoms with E-state index in [2.05, 4.69) is 0 Å². The van der Waals surface area contributed by atoms with Crippen molar-refractivity contribution < 1.29 is 26.7 Å². The number of halogens is 3. The van der Waals surface area contributed by atoms with Gasteiger partial charge in [0.05, 0.1) is 12.1 Å². The summed E-state index contributed by atoms with van der Waals surface area (Å²) in [5.41, 5.74) is -6.67. The smallest absolute Gasteiger partial charge is 0.394 e. The molecule has 8 heteroatoms. The predicted octanol–water partition coefficient (Wildman–Crippen LogP) is 1.12. The molecule has 1 saturated carbocycles. The van der Waals surface area contributed by atoms with Gasteiger partial charge in [-0.05, 0) is 12.8 Å². The van der Waals surface area contributed by atoms with Gasteiger partial charge in [0, 0.05) is 0 Å². The number of alkyl halides is 3. The lowest BCUT2D eigenvalue weighted by Gasteiger charge is -2.36. The van der Waals surface area contributed by atoms with Gasteiger partial charge in [-0.25, -0.2) is 8.42 Å². The van der Waals surface area contributed by atoms with Crippen LogP contribution in [0.5, 0.6) is 0 Å². The zero-order valence-corrected chi connectivity index (χ0v) is 9.36. The van der Waals surface area contributed by atoms with Crippen LogP contribution in [-0.2, 0) is 10.0 Å². The van der Waals surface area contributed by atoms with Crippen molar-refractivity contribution in [1.29, 1.82) is 0 Å². The molecule has 1 fully saturated rings. The van der Waals surface area contributed by atoms with Crippen LogP contribution in [0.2, 0.25) is 0 Å². The Kier molecular flexibility index (Phi) is 3.86. The van der Waals surface area contributed by atoms with Crippen LogP contribution in [0.3, 0.4) is 0 Å². The molecule has 0 unspecified atom stereocenters. The van der Waals surface area contributed by atoms with E-state index in [1.807, 2.05) is 0 Å². The Labute approximate surface area is 91.9 Å². The highest BCUT2D eigenvalue weighted by Crippen LogP contribution is 2.31. The molecule has 0 aromatic rings. The van der Waals surface area contributed by atoms with Crippen LogP contribution in [0.4, 0.5) is 13.2 Å². The molecule has 1 rings (SSSR count). The quantitative estimate of drug-likeness (QED) is 0.800. The first-order valence-corrected chi connectivity index (χ1v) is 6.42. The highest BCUT2D eigenvalue weighted by molar-refractivity contribution is 7.90. The number of aliphatic hydroxyl groups excluding tert-OH is 1. The van der Waals surface area contributed by atoms with Gasteiger partial charge in [-0.2, -0.15) is 17.9 Å². The molecule has 2 N–H and O–H groups in total. The summed E-state index contributed by atoms with van der Waals surface area (Å²) in [5.74, 6) is 0. The van der Waals surface area contributed by atoms with E-state index < -0.39 is 27.7 Å². The topological polar surface area (TPSA) is 66.4 Å². The number of nitrogens with one attached hydrogen (secondary N) is 1. The van der Waals surface area contributed by atoms with Crippen molar-refractivity contribution >= 4 is 10.0 Å². The molecule has 0 aromatic carbocycles. The molecule has 0 radical (unpaired) electrons. The van der Waals surface area contributed by atoms with Crippen molar-refractivity contribution in [3.8, 4) is 0 Å². The maximum Gasteiger partial charge on any atom is 0.511 e. The van der Waals surface area contributed by atoms with Crippen molar-refractivity contribution in [2.24, 2.45) is 0 Å². The molecular weight excluding hydrogens is 247 g/mol. The lowest BCUT2D eigenvalue weighted by atomic mass is 9.83. The summed E-state index contributed by atoms with van der Waals surface area (Å²) in [6.07, 6.45) is 2.54. The molecule has 0 heterocycles. The molecular formula is C8H14F3NO3S. The Morgan fingerprint density at radius 1 is 1.19 bits per heavy atom. The summed E-state index contributed by atoms with van der Waals surface area (Å²) in [6.45, 7) is -0.609. The maximum absolute atomic E-state index is 12.2. The number of rotatable bonds is 3. The Hall–Kier alpha value is -0.340. The molecule has 1 aliphatic rings. The summed E-state index contributed by atoms with van der Waals surface area (Å²) in [7, 11) is -5.38. The van der Waals surface area contributed by atoms with E-state index in [-0.39, 0.29) is 12.8 Å². The van der Waals surface area contributed by atoms with E-state index in [0.717, 1.165) is 6.42 Å². The second-order valence-electron chi connectivity index (χ2n) is 4.05. The summed E-state index contributed by atoms with van der Waals surface area (Å²) >= 11 is 0. The number of hydrogen-bond acceptors (Lipinski definition) is 3. The van der Waals surface area contributed by atoms with Gasteiger partial charge in [0.2, 0.25) is 0 Å². The summed E-state index contributed by atoms with van der Waals surface area (Å²) < 4.78 is 60.0. The molecule has 16 heavy (non-hydrogen) atoms. The van der Waals surface area contributed by atoms with Gasteiger partial charge < -0.3 is 5.11 Å². The normalized spacial score (nSPS) is 22.0. The zero-order valence-electron chi connectivity index (χ0n) is 8.55. The number of aliphatic hydroxyl groups is 1. The predicted molar refractivity (Wildman–Crippen MR) is 51.0 cm³/mol. The average molecular weight is 261 g/mol. The molecule has 96 valence electrons. The minimum Gasteiger partial charge on any atom is -0.394 e. The third-order valence-corrected chi connectivity index (χ3v) is 4.08. The highest BCUT2D eigenvalue weighted by atomic mass is 32.2. The van der Waals surface area contributed by atoms with Gasteiger partial charge in [0.1, 0.15) is 0 Å². The maximum atomic E-state index is 12.2. The standard InChI is InChI=1S/C8H14F3NO3S/c9-8(10,11)16(14,15)12-7(6-13)4-2-1-3-5-7/h12-13H,1-6H2. The van der Waals surface area contributed by atoms with Gasteiger partial charge in [-0.1, -0.05) is 19.3 Å². The fraction of sp³-hybridized carbons (Fsp3) is 1.00. The van der Waals surface area contributed by atoms with Gasteiger partial charge in [0.15, 0.2) is 0 Å². The second kappa shape index (κ2) is 4.50. The highest BCUT2D eigenvalue weighted by Gasteiger charge is 2.50. The first-order valence-electron chi connectivity index (χ1n) is 4.94. The first kappa shape index (κ1) is 13.7. The van der Waals surface area contributed by atoms with Crippen LogP contribution in [0, 0.1) is 0 Å². The van der Waals surface area contributed by atoms with Gasteiger partial charge in [-0.3, -0.25) is 0 Å². The van der Waals surface area contributed by atoms with Crippen molar-refractivity contribution in [1.82, 2.24) is 4.72 Å². The summed E-state index contributed by atoms with van der Waals surface area (Å²) in [5, 5.41) is 9.08. The summed E-state index contributed by atoms with van der Waals surface area (Å²) in [4.78, 5) is 0. The molecule has 0 atom stereocenters. The lowest BCUT2D eigenvalue weighted by molar-refractivity contribution is -0.0464. The van der Waals surface area contributed by atoms with Crippen molar-refractivity contribution in [3.63, 3.8) is 0 Å². The van der Waals surface area contributed by atoms with Crippen molar-refractivity contribution in [2.75, 3.05) is 6.61 Å². The Balaban J connectivity index is 2.85. The van der Waals surface area contributed by atoms with E-state index in [9.17, 15) is 21.6 Å². The number of hydrogen-bond donors (Lipinski definition) is 2. The van der Waals surface area contributed by atoms with Gasteiger partial charge in [0.25, 0.3) is 0 Å². The van der Waals surface area contributed by atoms with E-state index >= 15 is 0 Å². The zero-order chi connectivity index (χ0) is 12.4. The SMILES string of the molecule is O=S(=O)(NC1(CO)CCCCC1)C(F)(F)F. The van der Waals surface area contributed by atoms with Crippen LogP contribution in [0.15, 0.2) is 0 Å². The van der Waals surface area contributed by atoms with Crippen molar-refractivity contribution in [3.05, 3.63) is 0 Å². The Bertz CT molecular complexity index is 333. The van der Waals surface area contributed by atoms with E-state index in [0.29, 0.717) is 12.8 Å². The molecule has 0 amide bonds. The lowest BCUT2D eigenvalue weighted by Crippen LogP contribution is -2.55. The van der Waals surface area contributed by atoms with Crippen LogP contribution >= 0.6 is 0 Å². The van der Waals surface area contributed by atoms with Crippen LogP contribution in [0.1, 0.15) is 32.1 Å². The molecule has 0 saturated heterocycles. The van der Waals surface area contributed by atoms with Gasteiger partial charge in [-0.15, -0.1) is 0 Å². The second-order valence-corrected chi connectivity index (χ2v) is 5.72. The molecule has 1 aliphatic carbocycles. The van der Waals surface area contributed by atoms with Crippen LogP contribution in [-0.4, -0.2) is 31.2 Å². The number of sulfonamides is 1. The minimum atomic E-state index is -5.38. The van der Waals surface area contributed by atoms with Gasteiger partial charge >= 0.3 is 15.5 Å². The third kappa shape index (κ3) is 2.86. The molecule has 0 aromatic heterocycles. The first-order chi connectivity index (χ1) is 7.22. The Morgan fingerprint density at radius 3 is 2.06 bits per heavy atom. The average Bonchev–Trinajstić information content (AvgIpc) is 2.17. The van der Waals surface area contributed by atoms with Crippen molar-refractivity contribution in [2.45, 2.75) is 43.2 Å². The molecule has 4 nitrogen and oxygen atoms in total.